The van der Waals surface area contributed by atoms with Crippen molar-refractivity contribution in [1.29, 1.82) is 0 Å². The Morgan fingerprint density at radius 1 is 0.387 bits per heavy atom. The molecule has 11 aromatic rings. The normalized spacial score (nSPS) is 12.8. The van der Waals surface area contributed by atoms with E-state index in [9.17, 15) is 0 Å². The molecular weight excluding hydrogens is 759 g/mol. The lowest BCUT2D eigenvalue weighted by atomic mass is 9.80. The molecule has 0 fully saturated rings. The summed E-state index contributed by atoms with van der Waals surface area (Å²) in [5, 5.41) is 4.54. The Morgan fingerprint density at radius 3 is 1.35 bits per heavy atom. The molecule has 62 heavy (non-hydrogen) atoms. The Morgan fingerprint density at radius 2 is 0.823 bits per heavy atom. The van der Waals surface area contributed by atoms with E-state index in [-0.39, 0.29) is 5.41 Å². The first-order valence-corrected chi connectivity index (χ1v) is 20.9. The van der Waals surface area contributed by atoms with Gasteiger partial charge in [-0.1, -0.05) is 184 Å². The van der Waals surface area contributed by atoms with Crippen LogP contribution in [0.1, 0.15) is 25.0 Å². The minimum Gasteiger partial charge on any atom is -0.277 e. The molecule has 12 rings (SSSR count). The smallest absolute Gasteiger partial charge is 0.238 e. The largest absolute Gasteiger partial charge is 0.277 e. The Bertz CT molecular complexity index is 3410. The van der Waals surface area contributed by atoms with Gasteiger partial charge in [0.2, 0.25) is 5.95 Å². The molecule has 1 aliphatic carbocycles. The maximum atomic E-state index is 5.35. The fourth-order valence-electron chi connectivity index (χ4n) is 9.42. The van der Waals surface area contributed by atoms with Gasteiger partial charge >= 0.3 is 0 Å². The number of benzene rings is 8. The molecule has 0 saturated heterocycles. The van der Waals surface area contributed by atoms with Crippen LogP contribution in [0.4, 0.5) is 0 Å². The van der Waals surface area contributed by atoms with E-state index in [2.05, 4.69) is 109 Å². The molecule has 292 valence electrons. The highest BCUT2D eigenvalue weighted by molar-refractivity contribution is 6.27. The van der Waals surface area contributed by atoms with E-state index < -0.39 is 0 Å². The zero-order valence-corrected chi connectivity index (χ0v) is 34.0. The Balaban J connectivity index is 1.22. The molecule has 7 heteroatoms. The van der Waals surface area contributed by atoms with E-state index in [0.29, 0.717) is 35.1 Å². The first kappa shape index (κ1) is 35.8. The van der Waals surface area contributed by atoms with Crippen molar-refractivity contribution in [1.82, 2.24) is 34.5 Å². The van der Waals surface area contributed by atoms with Crippen LogP contribution in [0.15, 0.2) is 188 Å². The van der Waals surface area contributed by atoms with Crippen LogP contribution in [0.5, 0.6) is 0 Å². The zero-order valence-electron chi connectivity index (χ0n) is 34.0. The van der Waals surface area contributed by atoms with Crippen LogP contribution < -0.4 is 0 Å². The molecule has 3 aromatic heterocycles. The molecule has 0 amide bonds. The molecule has 3 heterocycles. The second-order valence-corrected chi connectivity index (χ2v) is 16.3. The van der Waals surface area contributed by atoms with E-state index in [1.54, 1.807) is 0 Å². The van der Waals surface area contributed by atoms with Gasteiger partial charge in [0.15, 0.2) is 29.1 Å². The molecule has 8 aromatic carbocycles. The highest BCUT2D eigenvalue weighted by Crippen LogP contribution is 2.56. The van der Waals surface area contributed by atoms with Gasteiger partial charge in [0.25, 0.3) is 0 Å². The van der Waals surface area contributed by atoms with Gasteiger partial charge in [-0.05, 0) is 51.2 Å². The summed E-state index contributed by atoms with van der Waals surface area (Å²) in [6.45, 7) is 4.69. The Kier molecular flexibility index (Phi) is 8.05. The van der Waals surface area contributed by atoms with Crippen LogP contribution in [0, 0.1) is 0 Å². The van der Waals surface area contributed by atoms with Crippen molar-refractivity contribution in [2.45, 2.75) is 19.3 Å². The van der Waals surface area contributed by atoms with Crippen molar-refractivity contribution in [3.8, 4) is 74.0 Å². The lowest BCUT2D eigenvalue weighted by molar-refractivity contribution is 0.663. The molecular formula is C55H37N7. The van der Waals surface area contributed by atoms with Gasteiger partial charge in [-0.25, -0.2) is 19.9 Å². The number of fused-ring (bicyclic) bond motifs is 10. The van der Waals surface area contributed by atoms with Crippen molar-refractivity contribution >= 4 is 32.6 Å². The third-order valence-electron chi connectivity index (χ3n) is 12.3. The lowest BCUT2D eigenvalue weighted by Gasteiger charge is -2.24. The van der Waals surface area contributed by atoms with Crippen LogP contribution in [0.25, 0.3) is 107 Å². The van der Waals surface area contributed by atoms with Crippen LogP contribution in [0.3, 0.4) is 0 Å². The van der Waals surface area contributed by atoms with Crippen LogP contribution >= 0.6 is 0 Å². The van der Waals surface area contributed by atoms with Gasteiger partial charge in [-0.15, -0.1) is 0 Å². The third-order valence-corrected chi connectivity index (χ3v) is 12.3. The summed E-state index contributed by atoms with van der Waals surface area (Å²) >= 11 is 0. The number of nitrogens with zero attached hydrogens (tertiary/aromatic N) is 7. The van der Waals surface area contributed by atoms with Crippen molar-refractivity contribution in [3.63, 3.8) is 0 Å². The van der Waals surface area contributed by atoms with Gasteiger partial charge in [-0.2, -0.15) is 9.97 Å². The summed E-state index contributed by atoms with van der Waals surface area (Å²) in [7, 11) is 0. The quantitative estimate of drug-likeness (QED) is 0.167. The summed E-state index contributed by atoms with van der Waals surface area (Å²) in [5.74, 6) is 3.59. The molecule has 0 radical (unpaired) electrons. The molecule has 0 N–H and O–H groups in total. The van der Waals surface area contributed by atoms with Gasteiger partial charge in [-0.3, -0.25) is 4.57 Å². The van der Waals surface area contributed by atoms with Gasteiger partial charge in [0.05, 0.1) is 11.0 Å². The number of hydrogen-bond acceptors (Lipinski definition) is 6. The van der Waals surface area contributed by atoms with Gasteiger partial charge in [0.1, 0.15) is 0 Å². The number of rotatable bonds is 6. The van der Waals surface area contributed by atoms with Crippen LogP contribution in [-0.4, -0.2) is 34.5 Å². The van der Waals surface area contributed by atoms with Crippen LogP contribution in [0.2, 0.25) is 0 Å². The first-order valence-electron chi connectivity index (χ1n) is 20.9. The molecule has 0 saturated carbocycles. The van der Waals surface area contributed by atoms with Gasteiger partial charge in [0, 0.05) is 44.0 Å². The average Bonchev–Trinajstić information content (AvgIpc) is 3.81. The summed E-state index contributed by atoms with van der Waals surface area (Å²) in [4.78, 5) is 31.1. The topological polar surface area (TPSA) is 82.3 Å². The highest BCUT2D eigenvalue weighted by Gasteiger charge is 2.40. The van der Waals surface area contributed by atoms with E-state index in [1.165, 1.54) is 27.6 Å². The van der Waals surface area contributed by atoms with Gasteiger partial charge < -0.3 is 0 Å². The number of aromatic nitrogens is 7. The van der Waals surface area contributed by atoms with E-state index >= 15 is 0 Å². The van der Waals surface area contributed by atoms with Crippen molar-refractivity contribution in [2.75, 3.05) is 0 Å². The van der Waals surface area contributed by atoms with E-state index in [1.807, 2.05) is 97.1 Å². The summed E-state index contributed by atoms with van der Waals surface area (Å²) < 4.78 is 2.28. The van der Waals surface area contributed by atoms with Crippen molar-refractivity contribution in [2.24, 2.45) is 0 Å². The predicted molar refractivity (Wildman–Crippen MR) is 250 cm³/mol. The second-order valence-electron chi connectivity index (χ2n) is 16.3. The SMILES string of the molecule is CC1(C)c2ccccc2-c2c1c1c(c3ccccc23)c2cc(-c3nc(-c4ccccc4)nc(-c4ccccc4)n3)ccc2n1-c1nc(-c2ccccc2)nc(-c2ccccc2)n1. The molecule has 7 nitrogen and oxygen atoms in total. The molecule has 0 aliphatic heterocycles. The van der Waals surface area contributed by atoms with E-state index in [0.717, 1.165) is 55.0 Å². The minimum absolute atomic E-state index is 0.357. The maximum Gasteiger partial charge on any atom is 0.238 e. The molecule has 0 unspecified atom stereocenters. The molecule has 0 bridgehead atoms. The zero-order chi connectivity index (χ0) is 41.4. The molecule has 1 aliphatic rings. The molecule has 0 spiro atoms. The Labute approximate surface area is 358 Å². The monoisotopic (exact) mass is 795 g/mol. The first-order chi connectivity index (χ1) is 30.5. The average molecular weight is 796 g/mol. The summed E-state index contributed by atoms with van der Waals surface area (Å²) in [5.41, 5.74) is 11.3. The highest BCUT2D eigenvalue weighted by atomic mass is 15.2. The molecule has 0 atom stereocenters. The second kappa shape index (κ2) is 14.0. The summed E-state index contributed by atoms with van der Waals surface area (Å²) in [6, 6.07) is 64.8. The fraction of sp³-hybridized carbons (Fsp3) is 0.0545. The Hall–Kier alpha value is -8.16. The van der Waals surface area contributed by atoms with Crippen LogP contribution in [-0.2, 0) is 5.41 Å². The predicted octanol–water partition coefficient (Wildman–Crippen LogP) is 12.9. The van der Waals surface area contributed by atoms with E-state index in [4.69, 9.17) is 29.9 Å². The summed E-state index contributed by atoms with van der Waals surface area (Å²) in [6.07, 6.45) is 0. The standard InChI is InChI=1S/C55H37N7/c1-55(2)43-30-18-17-29-41(43)45-39-27-15-16-28-40(39)46-42-33-38(53-57-49(34-19-7-3-8-20-34)56-50(58-53)35-21-9-4-10-22-35)31-32-44(42)62(48(46)47(45)55)54-60-51(36-23-11-5-12-24-36)59-52(61-54)37-25-13-6-14-26-37/h3-33H,1-2H3. The van der Waals surface area contributed by atoms with Crippen molar-refractivity contribution in [3.05, 3.63) is 199 Å². The lowest BCUT2D eigenvalue weighted by Crippen LogP contribution is -2.17. The maximum absolute atomic E-state index is 5.35. The fourth-order valence-corrected chi connectivity index (χ4v) is 9.42. The number of hydrogen-bond donors (Lipinski definition) is 0. The minimum atomic E-state index is -0.357. The van der Waals surface area contributed by atoms with Crippen molar-refractivity contribution < 1.29 is 0 Å². The third kappa shape index (κ3) is 5.59.